The zero-order valence-electron chi connectivity index (χ0n) is 12.7. The van der Waals surface area contributed by atoms with Gasteiger partial charge < -0.3 is 19.8 Å². The van der Waals surface area contributed by atoms with Gasteiger partial charge in [-0.05, 0) is 18.9 Å². The number of furan rings is 1. The minimum atomic E-state index is -0.389. The van der Waals surface area contributed by atoms with Crippen molar-refractivity contribution in [1.82, 2.24) is 10.6 Å². The van der Waals surface area contributed by atoms with Crippen LogP contribution in [0.25, 0.3) is 0 Å². The third-order valence-corrected chi connectivity index (χ3v) is 2.71. The smallest absolute Gasteiger partial charge is 0.341 e. The molecule has 1 rings (SSSR count). The lowest BCUT2D eigenvalue weighted by Crippen LogP contribution is -2.38. The van der Waals surface area contributed by atoms with Gasteiger partial charge >= 0.3 is 5.97 Å². The Labute approximate surface area is 119 Å². The largest absolute Gasteiger partial charge is 0.465 e. The molecule has 0 aliphatic rings. The molecule has 0 aliphatic heterocycles. The average molecular weight is 281 g/mol. The van der Waals surface area contributed by atoms with Crippen molar-refractivity contribution < 1.29 is 13.9 Å². The Morgan fingerprint density at radius 3 is 2.70 bits per heavy atom. The van der Waals surface area contributed by atoms with Crippen LogP contribution in [0.2, 0.25) is 0 Å². The number of hydrogen-bond donors (Lipinski definition) is 2. The summed E-state index contributed by atoms with van der Waals surface area (Å²) in [6.45, 7) is 7.28. The van der Waals surface area contributed by atoms with Gasteiger partial charge in [0.1, 0.15) is 17.1 Å². The van der Waals surface area contributed by atoms with Crippen LogP contribution in [0.1, 0.15) is 35.7 Å². The van der Waals surface area contributed by atoms with E-state index in [2.05, 4.69) is 34.2 Å². The number of rotatable bonds is 5. The van der Waals surface area contributed by atoms with E-state index in [0.717, 1.165) is 6.54 Å². The zero-order chi connectivity index (χ0) is 15.1. The minimum absolute atomic E-state index is 0.389. The first-order valence-electron chi connectivity index (χ1n) is 6.60. The van der Waals surface area contributed by atoms with E-state index in [9.17, 15) is 4.79 Å². The van der Waals surface area contributed by atoms with E-state index in [-0.39, 0.29) is 5.97 Å². The summed E-state index contributed by atoms with van der Waals surface area (Å²) in [5.74, 6) is 2.06. The second-order valence-electron chi connectivity index (χ2n) is 4.87. The molecule has 1 heterocycles. The second-order valence-corrected chi connectivity index (χ2v) is 4.87. The minimum Gasteiger partial charge on any atom is -0.465 e. The molecule has 1 aromatic rings. The topological polar surface area (TPSA) is 75.9 Å². The van der Waals surface area contributed by atoms with Crippen LogP contribution in [0.15, 0.2) is 15.5 Å². The fourth-order valence-corrected chi connectivity index (χ4v) is 1.64. The molecule has 6 nitrogen and oxygen atoms in total. The summed E-state index contributed by atoms with van der Waals surface area (Å²) in [7, 11) is 3.06. The molecule has 0 spiro atoms. The van der Waals surface area contributed by atoms with Crippen LogP contribution in [-0.4, -0.2) is 32.6 Å². The fourth-order valence-electron chi connectivity index (χ4n) is 1.64. The Balaban J connectivity index is 2.59. The van der Waals surface area contributed by atoms with Gasteiger partial charge in [-0.1, -0.05) is 13.8 Å². The van der Waals surface area contributed by atoms with Crippen LogP contribution in [0.3, 0.4) is 0 Å². The van der Waals surface area contributed by atoms with Crippen molar-refractivity contribution in [2.24, 2.45) is 10.9 Å². The Morgan fingerprint density at radius 1 is 1.45 bits per heavy atom. The predicted molar refractivity (Wildman–Crippen MR) is 77.8 cm³/mol. The SMILES string of the molecule is CN=C(NCc1cc(C(=O)OC)c(C)o1)NCC(C)C. The molecular formula is C14H23N3O3. The lowest BCUT2D eigenvalue weighted by molar-refractivity contribution is 0.0599. The van der Waals surface area contributed by atoms with Gasteiger partial charge in [-0.2, -0.15) is 0 Å². The summed E-state index contributed by atoms with van der Waals surface area (Å²) in [6.07, 6.45) is 0. The maximum Gasteiger partial charge on any atom is 0.341 e. The summed E-state index contributed by atoms with van der Waals surface area (Å²) in [5.41, 5.74) is 0.453. The monoisotopic (exact) mass is 281 g/mol. The first-order valence-corrected chi connectivity index (χ1v) is 6.60. The van der Waals surface area contributed by atoms with Crippen LogP contribution in [0, 0.1) is 12.8 Å². The third-order valence-electron chi connectivity index (χ3n) is 2.71. The van der Waals surface area contributed by atoms with Gasteiger partial charge in [-0.3, -0.25) is 4.99 Å². The summed E-state index contributed by atoms with van der Waals surface area (Å²) >= 11 is 0. The van der Waals surface area contributed by atoms with E-state index >= 15 is 0 Å². The average Bonchev–Trinajstić information content (AvgIpc) is 2.79. The Hall–Kier alpha value is -1.98. The summed E-state index contributed by atoms with van der Waals surface area (Å²) < 4.78 is 10.2. The summed E-state index contributed by atoms with van der Waals surface area (Å²) in [6, 6.07) is 1.68. The molecule has 0 aromatic carbocycles. The lowest BCUT2D eigenvalue weighted by atomic mass is 10.2. The number of nitrogens with one attached hydrogen (secondary N) is 2. The van der Waals surface area contributed by atoms with Gasteiger partial charge in [-0.25, -0.2) is 4.79 Å². The van der Waals surface area contributed by atoms with E-state index in [1.165, 1.54) is 7.11 Å². The number of carbonyl (C=O) groups excluding carboxylic acids is 1. The highest BCUT2D eigenvalue weighted by Crippen LogP contribution is 2.15. The van der Waals surface area contributed by atoms with Crippen molar-refractivity contribution in [3.05, 3.63) is 23.2 Å². The molecule has 0 atom stereocenters. The highest BCUT2D eigenvalue weighted by atomic mass is 16.5. The molecule has 0 aliphatic carbocycles. The zero-order valence-corrected chi connectivity index (χ0v) is 12.7. The number of esters is 1. The maximum atomic E-state index is 11.5. The number of carbonyl (C=O) groups is 1. The van der Waals surface area contributed by atoms with E-state index < -0.39 is 0 Å². The number of aliphatic imine (C=N–C) groups is 1. The number of nitrogens with zero attached hydrogens (tertiary/aromatic N) is 1. The summed E-state index contributed by atoms with van der Waals surface area (Å²) in [4.78, 5) is 15.6. The standard InChI is InChI=1S/C14H23N3O3/c1-9(2)7-16-14(15-4)17-8-11-6-12(10(3)20-11)13(18)19-5/h6,9H,7-8H2,1-5H3,(H2,15,16,17). The number of hydrogen-bond acceptors (Lipinski definition) is 4. The fraction of sp³-hybridized carbons (Fsp3) is 0.571. The number of ether oxygens (including phenoxy) is 1. The first-order chi connectivity index (χ1) is 9.47. The van der Waals surface area contributed by atoms with Crippen LogP contribution < -0.4 is 10.6 Å². The van der Waals surface area contributed by atoms with Crippen molar-refractivity contribution in [3.8, 4) is 0 Å². The van der Waals surface area contributed by atoms with Crippen molar-refractivity contribution in [3.63, 3.8) is 0 Å². The molecule has 20 heavy (non-hydrogen) atoms. The van der Waals surface area contributed by atoms with Crippen LogP contribution in [0.5, 0.6) is 0 Å². The summed E-state index contributed by atoms with van der Waals surface area (Å²) in [5, 5.41) is 6.33. The molecule has 0 fully saturated rings. The molecule has 6 heteroatoms. The van der Waals surface area contributed by atoms with Gasteiger partial charge in [0, 0.05) is 13.6 Å². The van der Waals surface area contributed by atoms with E-state index in [1.54, 1.807) is 20.0 Å². The molecule has 0 unspecified atom stereocenters. The molecule has 1 aromatic heterocycles. The van der Waals surface area contributed by atoms with Gasteiger partial charge in [0.2, 0.25) is 0 Å². The maximum absolute atomic E-state index is 11.5. The van der Waals surface area contributed by atoms with Crippen molar-refractivity contribution in [2.45, 2.75) is 27.3 Å². The quantitative estimate of drug-likeness (QED) is 0.488. The molecule has 0 amide bonds. The van der Waals surface area contributed by atoms with Gasteiger partial charge in [0.05, 0.1) is 13.7 Å². The highest BCUT2D eigenvalue weighted by Gasteiger charge is 2.15. The molecule has 0 saturated carbocycles. The van der Waals surface area contributed by atoms with Crippen molar-refractivity contribution in [1.29, 1.82) is 0 Å². The molecule has 0 bridgehead atoms. The van der Waals surface area contributed by atoms with Gasteiger partial charge in [0.15, 0.2) is 5.96 Å². The lowest BCUT2D eigenvalue weighted by Gasteiger charge is -2.12. The molecule has 2 N–H and O–H groups in total. The van der Waals surface area contributed by atoms with Crippen LogP contribution in [-0.2, 0) is 11.3 Å². The van der Waals surface area contributed by atoms with E-state index in [1.807, 2.05) is 0 Å². The Kier molecular flexibility index (Phi) is 6.09. The van der Waals surface area contributed by atoms with Crippen molar-refractivity contribution in [2.75, 3.05) is 20.7 Å². The number of guanidine groups is 1. The Bertz CT molecular complexity index is 478. The third kappa shape index (κ3) is 4.60. The van der Waals surface area contributed by atoms with E-state index in [4.69, 9.17) is 4.42 Å². The predicted octanol–water partition coefficient (Wildman–Crippen LogP) is 1.70. The second kappa shape index (κ2) is 7.57. The van der Waals surface area contributed by atoms with Gasteiger partial charge in [-0.15, -0.1) is 0 Å². The number of aryl methyl sites for hydroxylation is 1. The van der Waals surface area contributed by atoms with Gasteiger partial charge in [0.25, 0.3) is 0 Å². The molecule has 112 valence electrons. The molecule has 0 radical (unpaired) electrons. The number of methoxy groups -OCH3 is 1. The molecular weight excluding hydrogens is 258 g/mol. The van der Waals surface area contributed by atoms with E-state index in [0.29, 0.717) is 35.5 Å². The normalized spacial score (nSPS) is 11.6. The van der Waals surface area contributed by atoms with Crippen LogP contribution in [0.4, 0.5) is 0 Å². The first kappa shape index (κ1) is 16.1. The van der Waals surface area contributed by atoms with Crippen LogP contribution >= 0.6 is 0 Å². The van der Waals surface area contributed by atoms with Crippen molar-refractivity contribution >= 4 is 11.9 Å². The Morgan fingerprint density at radius 2 is 2.15 bits per heavy atom. The molecule has 0 saturated heterocycles. The highest BCUT2D eigenvalue weighted by molar-refractivity contribution is 5.90.